The van der Waals surface area contributed by atoms with Gasteiger partial charge in [-0.1, -0.05) is 0 Å². The highest BCUT2D eigenvalue weighted by molar-refractivity contribution is 5.95. The average molecular weight is 288 g/mol. The Labute approximate surface area is 122 Å². The van der Waals surface area contributed by atoms with Gasteiger partial charge in [0.2, 0.25) is 0 Å². The third kappa shape index (κ3) is 3.42. The van der Waals surface area contributed by atoms with E-state index in [0.29, 0.717) is 22.8 Å². The highest BCUT2D eigenvalue weighted by atomic mass is 16.5. The zero-order chi connectivity index (χ0) is 15.2. The van der Waals surface area contributed by atoms with E-state index in [1.165, 1.54) is 12.5 Å². The fourth-order valence-electron chi connectivity index (χ4n) is 1.78. The minimum absolute atomic E-state index is 0.321. The van der Waals surface area contributed by atoms with Gasteiger partial charge in [0.1, 0.15) is 5.76 Å². The van der Waals surface area contributed by atoms with Crippen molar-refractivity contribution >= 4 is 12.1 Å². The Kier molecular flexibility index (Phi) is 4.61. The highest BCUT2D eigenvalue weighted by Crippen LogP contribution is 2.26. The molecule has 0 saturated heterocycles. The van der Waals surface area contributed by atoms with Crippen molar-refractivity contribution in [1.82, 2.24) is 5.43 Å². The Hall–Kier alpha value is -2.76. The number of hydrogen-bond donors (Lipinski definition) is 1. The van der Waals surface area contributed by atoms with Gasteiger partial charge in [0, 0.05) is 0 Å². The first kappa shape index (κ1) is 14.6. The van der Waals surface area contributed by atoms with E-state index in [-0.39, 0.29) is 5.91 Å². The van der Waals surface area contributed by atoms with Crippen LogP contribution in [0.3, 0.4) is 0 Å². The molecule has 0 radical (unpaired) electrons. The van der Waals surface area contributed by atoms with E-state index in [1.54, 1.807) is 45.4 Å². The molecule has 1 N–H and O–H groups in total. The van der Waals surface area contributed by atoms with Gasteiger partial charge in [-0.05, 0) is 36.8 Å². The highest BCUT2D eigenvalue weighted by Gasteiger charge is 2.10. The van der Waals surface area contributed by atoms with Crippen molar-refractivity contribution in [3.63, 3.8) is 0 Å². The third-order valence-electron chi connectivity index (χ3n) is 2.89. The molecule has 1 aromatic heterocycles. The number of nitrogens with zero attached hydrogens (tertiary/aromatic N) is 1. The fourth-order valence-corrected chi connectivity index (χ4v) is 1.78. The van der Waals surface area contributed by atoms with Crippen LogP contribution < -0.4 is 14.9 Å². The topological polar surface area (TPSA) is 73.1 Å². The predicted octanol–water partition coefficient (Wildman–Crippen LogP) is 2.37. The second kappa shape index (κ2) is 6.60. The molecule has 110 valence electrons. The van der Waals surface area contributed by atoms with E-state index in [9.17, 15) is 4.79 Å². The average Bonchev–Trinajstić information content (AvgIpc) is 2.93. The normalized spacial score (nSPS) is 10.6. The number of nitrogens with one attached hydrogen (secondary N) is 1. The first-order chi connectivity index (χ1) is 10.2. The Bertz CT molecular complexity index is 661. The number of carbonyl (C=O) groups is 1. The smallest absolute Gasteiger partial charge is 0.274 e. The first-order valence-corrected chi connectivity index (χ1v) is 6.25. The van der Waals surface area contributed by atoms with Crippen LogP contribution in [0.1, 0.15) is 21.7 Å². The number of amides is 1. The molecule has 1 heterocycles. The molecule has 0 saturated carbocycles. The summed E-state index contributed by atoms with van der Waals surface area (Å²) in [6, 6.07) is 6.93. The monoisotopic (exact) mass is 288 g/mol. The van der Waals surface area contributed by atoms with Gasteiger partial charge in [0.15, 0.2) is 11.5 Å². The molecule has 0 aliphatic heterocycles. The lowest BCUT2D eigenvalue weighted by Gasteiger charge is -2.07. The third-order valence-corrected chi connectivity index (χ3v) is 2.89. The van der Waals surface area contributed by atoms with E-state index in [4.69, 9.17) is 13.9 Å². The summed E-state index contributed by atoms with van der Waals surface area (Å²) in [7, 11) is 3.13. The molecule has 6 nitrogen and oxygen atoms in total. The van der Waals surface area contributed by atoms with Crippen LogP contribution in [0.25, 0.3) is 0 Å². The predicted molar refractivity (Wildman–Crippen MR) is 78.1 cm³/mol. The second-order valence-corrected chi connectivity index (χ2v) is 4.20. The molecular formula is C15H16N2O4. The van der Waals surface area contributed by atoms with Gasteiger partial charge in [-0.25, -0.2) is 5.43 Å². The van der Waals surface area contributed by atoms with Crippen LogP contribution >= 0.6 is 0 Å². The molecule has 1 aromatic carbocycles. The summed E-state index contributed by atoms with van der Waals surface area (Å²) < 4.78 is 15.4. The number of hydrazone groups is 1. The SMILES string of the molecule is COc1ccc(C=NNC(=O)c2ccoc2C)cc1OC. The van der Waals surface area contributed by atoms with E-state index in [1.807, 2.05) is 0 Å². The number of ether oxygens (including phenoxy) is 2. The maximum Gasteiger partial charge on any atom is 0.274 e. The number of rotatable bonds is 5. The quantitative estimate of drug-likeness (QED) is 0.677. The lowest BCUT2D eigenvalue weighted by atomic mass is 10.2. The second-order valence-electron chi connectivity index (χ2n) is 4.20. The summed E-state index contributed by atoms with van der Waals surface area (Å²) in [6.07, 6.45) is 2.98. The van der Waals surface area contributed by atoms with Gasteiger partial charge in [0.25, 0.3) is 5.91 Å². The lowest BCUT2D eigenvalue weighted by Crippen LogP contribution is -2.17. The van der Waals surface area contributed by atoms with Crippen LogP contribution in [0.2, 0.25) is 0 Å². The summed E-state index contributed by atoms with van der Waals surface area (Å²) in [5.41, 5.74) is 3.67. The van der Waals surface area contributed by atoms with E-state index >= 15 is 0 Å². The summed E-state index contributed by atoms with van der Waals surface area (Å²) in [4.78, 5) is 11.8. The van der Waals surface area contributed by atoms with Gasteiger partial charge in [0.05, 0.1) is 32.3 Å². The maximum absolute atomic E-state index is 11.8. The molecule has 0 aliphatic carbocycles. The van der Waals surface area contributed by atoms with Gasteiger partial charge < -0.3 is 13.9 Å². The number of furan rings is 1. The van der Waals surface area contributed by atoms with Crippen molar-refractivity contribution in [3.8, 4) is 11.5 Å². The lowest BCUT2D eigenvalue weighted by molar-refractivity contribution is 0.0953. The zero-order valence-electron chi connectivity index (χ0n) is 12.0. The van der Waals surface area contributed by atoms with Gasteiger partial charge in [-0.2, -0.15) is 5.10 Å². The Morgan fingerprint density at radius 1 is 1.24 bits per heavy atom. The van der Waals surface area contributed by atoms with Crippen molar-refractivity contribution in [1.29, 1.82) is 0 Å². The molecule has 2 rings (SSSR count). The number of methoxy groups -OCH3 is 2. The number of hydrogen-bond acceptors (Lipinski definition) is 5. The Morgan fingerprint density at radius 2 is 2.00 bits per heavy atom. The molecule has 21 heavy (non-hydrogen) atoms. The molecule has 1 amide bonds. The van der Waals surface area contributed by atoms with E-state index in [0.717, 1.165) is 5.56 Å². The van der Waals surface area contributed by atoms with Crippen molar-refractivity contribution < 1.29 is 18.7 Å². The number of benzene rings is 1. The molecule has 6 heteroatoms. The Morgan fingerprint density at radius 3 is 2.62 bits per heavy atom. The summed E-state index contributed by atoms with van der Waals surface area (Å²) in [5.74, 6) is 1.46. The largest absolute Gasteiger partial charge is 0.493 e. The molecule has 0 fully saturated rings. The fraction of sp³-hybridized carbons (Fsp3) is 0.200. The van der Waals surface area contributed by atoms with Crippen molar-refractivity contribution in [2.24, 2.45) is 5.10 Å². The summed E-state index contributed by atoms with van der Waals surface area (Å²) in [6.45, 7) is 1.72. The minimum Gasteiger partial charge on any atom is -0.493 e. The van der Waals surface area contributed by atoms with Crippen LogP contribution in [-0.2, 0) is 0 Å². The molecule has 0 bridgehead atoms. The number of aryl methyl sites for hydroxylation is 1. The minimum atomic E-state index is -0.321. The van der Waals surface area contributed by atoms with Crippen LogP contribution in [0.4, 0.5) is 0 Å². The van der Waals surface area contributed by atoms with Crippen LogP contribution in [0.15, 0.2) is 40.0 Å². The molecule has 0 unspecified atom stereocenters. The molecular weight excluding hydrogens is 272 g/mol. The van der Waals surface area contributed by atoms with Gasteiger partial charge in [-0.3, -0.25) is 4.79 Å². The Balaban J connectivity index is 2.05. The van der Waals surface area contributed by atoms with Crippen molar-refractivity contribution in [2.45, 2.75) is 6.92 Å². The van der Waals surface area contributed by atoms with Crippen molar-refractivity contribution in [3.05, 3.63) is 47.4 Å². The summed E-state index contributed by atoms with van der Waals surface area (Å²) >= 11 is 0. The molecule has 0 aliphatic rings. The van der Waals surface area contributed by atoms with E-state index < -0.39 is 0 Å². The van der Waals surface area contributed by atoms with Gasteiger partial charge >= 0.3 is 0 Å². The van der Waals surface area contributed by atoms with Crippen LogP contribution in [0.5, 0.6) is 11.5 Å². The molecule has 2 aromatic rings. The van der Waals surface area contributed by atoms with Gasteiger partial charge in [-0.15, -0.1) is 0 Å². The zero-order valence-corrected chi connectivity index (χ0v) is 12.0. The standard InChI is InChI=1S/C15H16N2O4/c1-10-12(6-7-21-10)15(18)17-16-9-11-4-5-13(19-2)14(8-11)20-3/h4-9H,1-3H3,(H,17,18). The maximum atomic E-state index is 11.8. The molecule has 0 spiro atoms. The van der Waals surface area contributed by atoms with Crippen LogP contribution in [-0.4, -0.2) is 26.3 Å². The number of carbonyl (C=O) groups excluding carboxylic acids is 1. The first-order valence-electron chi connectivity index (χ1n) is 6.25. The van der Waals surface area contributed by atoms with Crippen LogP contribution in [0, 0.1) is 6.92 Å². The van der Waals surface area contributed by atoms with Crippen molar-refractivity contribution in [2.75, 3.05) is 14.2 Å². The molecule has 0 atom stereocenters. The summed E-state index contributed by atoms with van der Waals surface area (Å²) in [5, 5.41) is 3.91. The van der Waals surface area contributed by atoms with E-state index in [2.05, 4.69) is 10.5 Å².